The summed E-state index contributed by atoms with van der Waals surface area (Å²) in [6.07, 6.45) is 0.875. The van der Waals surface area contributed by atoms with E-state index in [1.54, 1.807) is 36.4 Å². The van der Waals surface area contributed by atoms with Crippen LogP contribution >= 0.6 is 28.1 Å². The van der Waals surface area contributed by atoms with E-state index in [0.29, 0.717) is 41.6 Å². The fourth-order valence-corrected chi connectivity index (χ4v) is 3.76. The first-order chi connectivity index (χ1) is 16.8. The van der Waals surface area contributed by atoms with Crippen molar-refractivity contribution in [2.24, 2.45) is 5.92 Å². The maximum Gasteiger partial charge on any atom is 0.261 e. The van der Waals surface area contributed by atoms with E-state index in [9.17, 15) is 9.59 Å². The van der Waals surface area contributed by atoms with Gasteiger partial charge in [0.25, 0.3) is 11.8 Å². The van der Waals surface area contributed by atoms with Gasteiger partial charge in [-0.1, -0.05) is 72.2 Å². The van der Waals surface area contributed by atoms with Gasteiger partial charge in [0.15, 0.2) is 5.11 Å². The average Bonchev–Trinajstić information content (AvgIpc) is 2.84. The molecule has 182 valence electrons. The summed E-state index contributed by atoms with van der Waals surface area (Å²) in [6, 6.07) is 21.9. The van der Waals surface area contributed by atoms with Crippen molar-refractivity contribution in [2.45, 2.75) is 26.8 Å². The Morgan fingerprint density at radius 3 is 2.40 bits per heavy atom. The van der Waals surface area contributed by atoms with Crippen molar-refractivity contribution in [2.75, 3.05) is 11.9 Å². The lowest BCUT2D eigenvalue weighted by Crippen LogP contribution is -2.35. The van der Waals surface area contributed by atoms with Crippen LogP contribution in [0.5, 0.6) is 5.75 Å². The molecule has 0 aliphatic carbocycles. The summed E-state index contributed by atoms with van der Waals surface area (Å²) in [5.74, 6) is 0.313. The van der Waals surface area contributed by atoms with Crippen LogP contribution in [0.4, 0.5) is 5.69 Å². The van der Waals surface area contributed by atoms with Crippen molar-refractivity contribution in [3.8, 4) is 5.75 Å². The Kier molecular flexibility index (Phi) is 9.81. The van der Waals surface area contributed by atoms with Crippen LogP contribution in [0, 0.1) is 5.92 Å². The minimum absolute atomic E-state index is 0.0754. The number of ether oxygens (including phenoxy) is 1. The fourth-order valence-electron chi connectivity index (χ4n) is 3.20. The van der Waals surface area contributed by atoms with Gasteiger partial charge in [0.1, 0.15) is 5.75 Å². The molecule has 0 fully saturated rings. The summed E-state index contributed by atoms with van der Waals surface area (Å²) >= 11 is 8.77. The zero-order valence-electron chi connectivity index (χ0n) is 19.6. The Bertz CT molecular complexity index is 1190. The quantitative estimate of drug-likeness (QED) is 0.286. The number of para-hydroxylation sites is 1. The van der Waals surface area contributed by atoms with Gasteiger partial charge in [0.05, 0.1) is 23.4 Å². The Morgan fingerprint density at radius 1 is 0.943 bits per heavy atom. The fraction of sp³-hybridized carbons (Fsp3) is 0.222. The molecule has 0 spiro atoms. The van der Waals surface area contributed by atoms with Crippen molar-refractivity contribution in [3.63, 3.8) is 0 Å². The standard InChI is InChI=1S/C27H28BrN3O3S/c1-18(2)14-15-34-24-13-12-20(28)16-22(24)26(33)31-27(35)30-23-11-7-6-10-21(23)25(32)29-17-19-8-4-3-5-9-19/h3-13,16,18H,14-15,17H2,1-2H3,(H,29,32)(H2,30,31,33,35). The third-order valence-corrected chi connectivity index (χ3v) is 5.78. The van der Waals surface area contributed by atoms with Gasteiger partial charge in [-0.3, -0.25) is 14.9 Å². The molecule has 0 unspecified atom stereocenters. The first kappa shape index (κ1) is 26.4. The van der Waals surface area contributed by atoms with Gasteiger partial charge < -0.3 is 15.4 Å². The van der Waals surface area contributed by atoms with Crippen LogP contribution in [0.1, 0.15) is 46.5 Å². The number of hydrogen-bond donors (Lipinski definition) is 3. The first-order valence-corrected chi connectivity index (χ1v) is 12.5. The summed E-state index contributed by atoms with van der Waals surface area (Å²) in [4.78, 5) is 25.8. The zero-order chi connectivity index (χ0) is 25.2. The van der Waals surface area contributed by atoms with Crippen LogP contribution in [0.2, 0.25) is 0 Å². The minimum atomic E-state index is -0.408. The number of benzene rings is 3. The second kappa shape index (κ2) is 13.0. The number of rotatable bonds is 9. The third-order valence-electron chi connectivity index (χ3n) is 5.08. The van der Waals surface area contributed by atoms with E-state index in [2.05, 4.69) is 45.7 Å². The highest BCUT2D eigenvalue weighted by Crippen LogP contribution is 2.24. The van der Waals surface area contributed by atoms with Gasteiger partial charge in [-0.2, -0.15) is 0 Å². The second-order valence-electron chi connectivity index (χ2n) is 8.29. The van der Waals surface area contributed by atoms with Gasteiger partial charge in [0, 0.05) is 11.0 Å². The number of carbonyl (C=O) groups is 2. The largest absolute Gasteiger partial charge is 0.493 e. The molecule has 0 aliphatic heterocycles. The zero-order valence-corrected chi connectivity index (χ0v) is 22.0. The number of halogens is 1. The number of nitrogens with one attached hydrogen (secondary N) is 3. The van der Waals surface area contributed by atoms with Gasteiger partial charge >= 0.3 is 0 Å². The molecule has 3 N–H and O–H groups in total. The summed E-state index contributed by atoms with van der Waals surface area (Å²) < 4.78 is 6.59. The molecule has 2 amide bonds. The molecule has 35 heavy (non-hydrogen) atoms. The van der Waals surface area contributed by atoms with Crippen LogP contribution in [-0.4, -0.2) is 23.5 Å². The smallest absolute Gasteiger partial charge is 0.261 e. The number of amides is 2. The van der Waals surface area contributed by atoms with Gasteiger partial charge in [-0.25, -0.2) is 0 Å². The molecule has 0 saturated heterocycles. The Morgan fingerprint density at radius 2 is 1.66 bits per heavy atom. The van der Waals surface area contributed by atoms with Crippen LogP contribution < -0.4 is 20.7 Å². The first-order valence-electron chi connectivity index (χ1n) is 11.3. The minimum Gasteiger partial charge on any atom is -0.493 e. The molecule has 6 nitrogen and oxygen atoms in total. The van der Waals surface area contributed by atoms with E-state index in [1.807, 2.05) is 36.4 Å². The Labute approximate surface area is 219 Å². The van der Waals surface area contributed by atoms with E-state index in [1.165, 1.54) is 0 Å². The molecule has 3 aromatic carbocycles. The molecule has 3 rings (SSSR count). The topological polar surface area (TPSA) is 79.5 Å². The van der Waals surface area contributed by atoms with Gasteiger partial charge in [0.2, 0.25) is 0 Å². The van der Waals surface area contributed by atoms with Crippen molar-refractivity contribution >= 4 is 50.8 Å². The average molecular weight is 555 g/mol. The molecule has 0 atom stereocenters. The van der Waals surface area contributed by atoms with Crippen molar-refractivity contribution in [1.29, 1.82) is 0 Å². The molecule has 0 aliphatic rings. The molecule has 0 aromatic heterocycles. The highest BCUT2D eigenvalue weighted by atomic mass is 79.9. The van der Waals surface area contributed by atoms with E-state index < -0.39 is 5.91 Å². The molecule has 0 radical (unpaired) electrons. The molecule has 0 saturated carbocycles. The predicted octanol–water partition coefficient (Wildman–Crippen LogP) is 5.93. The lowest BCUT2D eigenvalue weighted by molar-refractivity contribution is 0.0949. The second-order valence-corrected chi connectivity index (χ2v) is 9.62. The van der Waals surface area contributed by atoms with Crippen LogP contribution in [-0.2, 0) is 6.54 Å². The van der Waals surface area contributed by atoms with Crippen LogP contribution in [0.15, 0.2) is 77.3 Å². The number of hydrogen-bond acceptors (Lipinski definition) is 4. The predicted molar refractivity (Wildman–Crippen MR) is 147 cm³/mol. The third kappa shape index (κ3) is 8.19. The van der Waals surface area contributed by atoms with Crippen molar-refractivity contribution in [1.82, 2.24) is 10.6 Å². The maximum absolute atomic E-state index is 13.0. The van der Waals surface area contributed by atoms with Crippen LogP contribution in [0.25, 0.3) is 0 Å². The van der Waals surface area contributed by atoms with E-state index in [4.69, 9.17) is 17.0 Å². The summed E-state index contributed by atoms with van der Waals surface area (Å²) in [5, 5.41) is 8.63. The molecule has 3 aromatic rings. The lowest BCUT2D eigenvalue weighted by Gasteiger charge is -2.15. The Balaban J connectivity index is 1.65. The SMILES string of the molecule is CC(C)CCOc1ccc(Br)cc1C(=O)NC(=S)Nc1ccccc1C(=O)NCc1ccccc1. The van der Waals surface area contributed by atoms with Crippen molar-refractivity contribution in [3.05, 3.63) is 94.0 Å². The molecule has 8 heteroatoms. The van der Waals surface area contributed by atoms with E-state index in [-0.39, 0.29) is 11.0 Å². The Hall–Kier alpha value is -3.23. The number of anilines is 1. The normalized spacial score (nSPS) is 10.5. The molecule has 0 bridgehead atoms. The summed E-state index contributed by atoms with van der Waals surface area (Å²) in [7, 11) is 0. The monoisotopic (exact) mass is 553 g/mol. The number of carbonyl (C=O) groups excluding carboxylic acids is 2. The highest BCUT2D eigenvalue weighted by Gasteiger charge is 2.17. The molecular weight excluding hydrogens is 526 g/mol. The van der Waals surface area contributed by atoms with Crippen LogP contribution in [0.3, 0.4) is 0 Å². The number of thiocarbonyl (C=S) groups is 1. The van der Waals surface area contributed by atoms with E-state index >= 15 is 0 Å². The maximum atomic E-state index is 13.0. The lowest BCUT2D eigenvalue weighted by atomic mass is 10.1. The van der Waals surface area contributed by atoms with Gasteiger partial charge in [-0.15, -0.1) is 0 Å². The van der Waals surface area contributed by atoms with Crippen molar-refractivity contribution < 1.29 is 14.3 Å². The summed E-state index contributed by atoms with van der Waals surface area (Å²) in [6.45, 7) is 5.14. The highest BCUT2D eigenvalue weighted by molar-refractivity contribution is 9.10. The summed E-state index contributed by atoms with van der Waals surface area (Å²) in [5.41, 5.74) is 2.27. The van der Waals surface area contributed by atoms with E-state index in [0.717, 1.165) is 16.5 Å². The van der Waals surface area contributed by atoms with Gasteiger partial charge in [-0.05, 0) is 60.5 Å². The molecule has 0 heterocycles. The molecular formula is C27H28BrN3O3S.